The number of nitrogens with two attached hydrogens (primary N) is 1. The van der Waals surface area contributed by atoms with Crippen molar-refractivity contribution in [1.82, 2.24) is 4.31 Å². The summed E-state index contributed by atoms with van der Waals surface area (Å²) in [4.78, 5) is -0.365. The molecule has 0 aromatic heterocycles. The Bertz CT molecular complexity index is 628. The number of nitrogen functional groups attached to an aromatic ring is 1. The van der Waals surface area contributed by atoms with Crippen LogP contribution in [0.3, 0.4) is 0 Å². The lowest BCUT2D eigenvalue weighted by molar-refractivity contribution is 0.245. The van der Waals surface area contributed by atoms with E-state index in [1.54, 1.807) is 0 Å². The van der Waals surface area contributed by atoms with Gasteiger partial charge >= 0.3 is 0 Å². The summed E-state index contributed by atoms with van der Waals surface area (Å²) in [6.45, 7) is 2.17. The molecule has 1 aliphatic rings. The van der Waals surface area contributed by atoms with Crippen molar-refractivity contribution in [3.05, 3.63) is 22.4 Å². The molecule has 0 radical (unpaired) electrons. The van der Waals surface area contributed by atoms with Crippen LogP contribution in [0.2, 0.25) is 0 Å². The van der Waals surface area contributed by atoms with E-state index in [0.717, 1.165) is 25.7 Å². The normalized spacial score (nSPS) is 23.5. The van der Waals surface area contributed by atoms with Crippen LogP contribution in [0, 0.1) is 11.7 Å². The van der Waals surface area contributed by atoms with Crippen LogP contribution in [-0.4, -0.2) is 25.8 Å². The van der Waals surface area contributed by atoms with Gasteiger partial charge in [0.15, 0.2) is 5.82 Å². The lowest BCUT2D eigenvalue weighted by atomic mass is 9.87. The molecular formula is C14H20BrFN2O2S. The second-order valence-electron chi connectivity index (χ2n) is 5.75. The zero-order chi connectivity index (χ0) is 15.8. The molecule has 7 heteroatoms. The van der Waals surface area contributed by atoms with Crippen LogP contribution in [0.4, 0.5) is 10.1 Å². The van der Waals surface area contributed by atoms with Crippen LogP contribution < -0.4 is 5.73 Å². The molecule has 0 bridgehead atoms. The van der Waals surface area contributed by atoms with E-state index >= 15 is 0 Å². The molecule has 0 atom stereocenters. The highest BCUT2D eigenvalue weighted by molar-refractivity contribution is 9.10. The number of benzene rings is 1. The van der Waals surface area contributed by atoms with E-state index in [0.29, 0.717) is 5.92 Å². The zero-order valence-electron chi connectivity index (χ0n) is 12.1. The molecule has 4 nitrogen and oxygen atoms in total. The van der Waals surface area contributed by atoms with Crippen molar-refractivity contribution in [3.63, 3.8) is 0 Å². The van der Waals surface area contributed by atoms with Crippen molar-refractivity contribution in [2.45, 2.75) is 43.5 Å². The lowest BCUT2D eigenvalue weighted by Crippen LogP contribution is -2.39. The molecule has 1 fully saturated rings. The molecule has 2 N–H and O–H groups in total. The van der Waals surface area contributed by atoms with Crippen molar-refractivity contribution < 1.29 is 12.8 Å². The monoisotopic (exact) mass is 378 g/mol. The first-order valence-corrected chi connectivity index (χ1v) is 9.19. The molecule has 1 aromatic carbocycles. The number of hydrogen-bond acceptors (Lipinski definition) is 3. The minimum absolute atomic E-state index is 0.0618. The maximum atomic E-state index is 14.2. The van der Waals surface area contributed by atoms with Crippen LogP contribution >= 0.6 is 15.9 Å². The minimum atomic E-state index is -3.88. The van der Waals surface area contributed by atoms with Crippen molar-refractivity contribution in [2.24, 2.45) is 5.92 Å². The number of halogens is 2. The number of sulfonamides is 1. The third-order valence-corrected chi connectivity index (χ3v) is 6.66. The molecule has 1 aromatic rings. The van der Waals surface area contributed by atoms with Gasteiger partial charge in [-0.15, -0.1) is 0 Å². The van der Waals surface area contributed by atoms with Crippen molar-refractivity contribution in [2.75, 3.05) is 12.8 Å². The molecule has 0 aliphatic heterocycles. The largest absolute Gasteiger partial charge is 0.399 e. The van der Waals surface area contributed by atoms with Gasteiger partial charge in [-0.3, -0.25) is 0 Å². The van der Waals surface area contributed by atoms with Crippen LogP contribution in [0.5, 0.6) is 0 Å². The van der Waals surface area contributed by atoms with Crippen LogP contribution in [0.25, 0.3) is 0 Å². The summed E-state index contributed by atoms with van der Waals surface area (Å²) in [6, 6.07) is 2.46. The van der Waals surface area contributed by atoms with E-state index in [2.05, 4.69) is 22.9 Å². The maximum Gasteiger partial charge on any atom is 0.246 e. The topological polar surface area (TPSA) is 63.4 Å². The highest BCUT2D eigenvalue weighted by Crippen LogP contribution is 2.32. The Morgan fingerprint density at radius 2 is 1.86 bits per heavy atom. The summed E-state index contributed by atoms with van der Waals surface area (Å²) in [5.74, 6) is -0.171. The third-order valence-electron chi connectivity index (χ3n) is 4.17. The summed E-state index contributed by atoms with van der Waals surface area (Å²) in [7, 11) is -2.36. The zero-order valence-corrected chi connectivity index (χ0v) is 14.5. The molecule has 118 valence electrons. The molecule has 0 heterocycles. The van der Waals surface area contributed by atoms with Gasteiger partial charge in [-0.1, -0.05) is 6.92 Å². The molecule has 21 heavy (non-hydrogen) atoms. The smallest absolute Gasteiger partial charge is 0.246 e. The minimum Gasteiger partial charge on any atom is -0.399 e. The Morgan fingerprint density at radius 3 is 2.43 bits per heavy atom. The summed E-state index contributed by atoms with van der Waals surface area (Å²) in [5.41, 5.74) is 5.86. The lowest BCUT2D eigenvalue weighted by Gasteiger charge is -2.33. The number of hydrogen-bond donors (Lipinski definition) is 1. The number of rotatable bonds is 3. The van der Waals surface area contributed by atoms with E-state index in [1.807, 2.05) is 0 Å². The molecule has 1 saturated carbocycles. The molecule has 0 spiro atoms. The highest BCUT2D eigenvalue weighted by atomic mass is 79.9. The molecule has 0 amide bonds. The fraction of sp³-hybridized carbons (Fsp3) is 0.571. The first-order chi connectivity index (χ1) is 9.73. The van der Waals surface area contributed by atoms with E-state index in [-0.39, 0.29) is 21.1 Å². The Morgan fingerprint density at radius 1 is 1.29 bits per heavy atom. The van der Waals surface area contributed by atoms with Crippen molar-refractivity contribution in [1.29, 1.82) is 0 Å². The van der Waals surface area contributed by atoms with Gasteiger partial charge in [0.05, 0.1) is 4.47 Å². The van der Waals surface area contributed by atoms with Gasteiger partial charge in [-0.05, 0) is 59.7 Å². The standard InChI is InChI=1S/C14H20BrFN2O2S/c1-9-3-5-11(6-4-9)18(2)21(19,20)13-8-10(17)7-12(15)14(13)16/h7-9,11H,3-6,17H2,1-2H3. The molecule has 1 aliphatic carbocycles. The Balaban J connectivity index is 2.34. The molecule has 2 rings (SSSR count). The number of anilines is 1. The molecule has 0 unspecified atom stereocenters. The van der Waals surface area contributed by atoms with Gasteiger partial charge in [-0.25, -0.2) is 12.8 Å². The van der Waals surface area contributed by atoms with Crippen LogP contribution in [0.15, 0.2) is 21.5 Å². The average molecular weight is 379 g/mol. The summed E-state index contributed by atoms with van der Waals surface area (Å²) in [6.07, 6.45) is 3.60. The van der Waals surface area contributed by atoms with E-state index in [9.17, 15) is 12.8 Å². The van der Waals surface area contributed by atoms with Gasteiger partial charge in [0.1, 0.15) is 4.90 Å². The fourth-order valence-corrected chi connectivity index (χ4v) is 4.87. The first kappa shape index (κ1) is 16.7. The predicted octanol–water partition coefficient (Wildman–Crippen LogP) is 3.37. The van der Waals surface area contributed by atoms with E-state index in [1.165, 1.54) is 23.5 Å². The Kier molecular flexibility index (Phi) is 4.95. The highest BCUT2D eigenvalue weighted by Gasteiger charge is 2.33. The summed E-state index contributed by atoms with van der Waals surface area (Å²) >= 11 is 3.00. The summed E-state index contributed by atoms with van der Waals surface area (Å²) < 4.78 is 40.8. The SMILES string of the molecule is CC1CCC(N(C)S(=O)(=O)c2cc(N)cc(Br)c2F)CC1. The maximum absolute atomic E-state index is 14.2. The van der Waals surface area contributed by atoms with Crippen molar-refractivity contribution >= 4 is 31.6 Å². The van der Waals surface area contributed by atoms with Gasteiger partial charge in [0.2, 0.25) is 10.0 Å². The van der Waals surface area contributed by atoms with Gasteiger partial charge in [0.25, 0.3) is 0 Å². The fourth-order valence-electron chi connectivity index (χ4n) is 2.73. The van der Waals surface area contributed by atoms with Crippen LogP contribution in [-0.2, 0) is 10.0 Å². The van der Waals surface area contributed by atoms with Gasteiger partial charge in [-0.2, -0.15) is 4.31 Å². The van der Waals surface area contributed by atoms with Crippen molar-refractivity contribution in [3.8, 4) is 0 Å². The number of nitrogens with zero attached hydrogens (tertiary/aromatic N) is 1. The van der Waals surface area contributed by atoms with E-state index in [4.69, 9.17) is 5.73 Å². The van der Waals surface area contributed by atoms with E-state index < -0.39 is 15.8 Å². The second kappa shape index (κ2) is 6.22. The van der Waals surface area contributed by atoms with Gasteiger partial charge in [0, 0.05) is 18.8 Å². The molecular weight excluding hydrogens is 359 g/mol. The average Bonchev–Trinajstić information content (AvgIpc) is 2.42. The first-order valence-electron chi connectivity index (χ1n) is 6.96. The van der Waals surface area contributed by atoms with Crippen LogP contribution in [0.1, 0.15) is 32.6 Å². The molecule has 0 saturated heterocycles. The Labute approximate surface area is 133 Å². The van der Waals surface area contributed by atoms with Gasteiger partial charge < -0.3 is 5.73 Å². The summed E-state index contributed by atoms with van der Waals surface area (Å²) in [5, 5.41) is 0. The third kappa shape index (κ3) is 3.40. The quantitative estimate of drug-likeness (QED) is 0.819. The Hall–Kier alpha value is -0.660. The predicted molar refractivity (Wildman–Crippen MR) is 84.9 cm³/mol. The second-order valence-corrected chi connectivity index (χ2v) is 8.57.